The highest BCUT2D eigenvalue weighted by atomic mass is 16.4. The SMILES string of the molecule is CC(=O)N[C@@H]1CC[C@H](C(=O)O)CN(c2cc(C)nc(N3CCCCC3)n2)C1. The van der Waals surface area contributed by atoms with Crippen LogP contribution in [0.15, 0.2) is 6.07 Å². The Balaban J connectivity index is 1.87. The van der Waals surface area contributed by atoms with Gasteiger partial charge < -0.3 is 20.2 Å². The topological polar surface area (TPSA) is 98.7 Å². The van der Waals surface area contributed by atoms with Crippen molar-refractivity contribution in [2.24, 2.45) is 5.92 Å². The minimum Gasteiger partial charge on any atom is -0.481 e. The Bertz CT molecular complexity index is 690. The molecule has 2 aliphatic heterocycles. The van der Waals surface area contributed by atoms with E-state index in [2.05, 4.69) is 15.2 Å². The first-order valence-corrected chi connectivity index (χ1v) is 9.78. The minimum atomic E-state index is -0.800. The van der Waals surface area contributed by atoms with Gasteiger partial charge in [0.1, 0.15) is 5.82 Å². The first-order valence-electron chi connectivity index (χ1n) is 9.78. The van der Waals surface area contributed by atoms with Gasteiger partial charge in [0.15, 0.2) is 0 Å². The zero-order valence-electron chi connectivity index (χ0n) is 16.1. The molecule has 2 fully saturated rings. The largest absolute Gasteiger partial charge is 0.481 e. The fraction of sp³-hybridized carbons (Fsp3) is 0.684. The minimum absolute atomic E-state index is 0.0828. The van der Waals surface area contributed by atoms with Crippen LogP contribution in [0, 0.1) is 12.8 Å². The van der Waals surface area contributed by atoms with E-state index in [1.807, 2.05) is 17.9 Å². The molecule has 3 heterocycles. The van der Waals surface area contributed by atoms with E-state index >= 15 is 0 Å². The van der Waals surface area contributed by atoms with Crippen LogP contribution in [0.25, 0.3) is 0 Å². The van der Waals surface area contributed by atoms with Crippen LogP contribution in [-0.4, -0.2) is 59.2 Å². The predicted molar refractivity (Wildman–Crippen MR) is 103 cm³/mol. The van der Waals surface area contributed by atoms with E-state index in [4.69, 9.17) is 4.98 Å². The van der Waals surface area contributed by atoms with Crippen LogP contribution in [0.1, 0.15) is 44.7 Å². The van der Waals surface area contributed by atoms with Crippen molar-refractivity contribution in [3.63, 3.8) is 0 Å². The highest BCUT2D eigenvalue weighted by Crippen LogP contribution is 2.25. The quantitative estimate of drug-likeness (QED) is 0.824. The average molecular weight is 375 g/mol. The van der Waals surface area contributed by atoms with Crippen LogP contribution in [0.3, 0.4) is 0 Å². The summed E-state index contributed by atoms with van der Waals surface area (Å²) in [5, 5.41) is 12.5. The predicted octanol–water partition coefficient (Wildman–Crippen LogP) is 1.58. The molecule has 2 aliphatic rings. The van der Waals surface area contributed by atoms with E-state index in [1.165, 1.54) is 13.3 Å². The number of nitrogens with one attached hydrogen (secondary N) is 1. The molecular weight excluding hydrogens is 346 g/mol. The molecule has 0 unspecified atom stereocenters. The lowest BCUT2D eigenvalue weighted by Gasteiger charge is -2.30. The van der Waals surface area contributed by atoms with Crippen molar-refractivity contribution >= 4 is 23.6 Å². The molecule has 2 atom stereocenters. The molecule has 0 aliphatic carbocycles. The van der Waals surface area contributed by atoms with Crippen LogP contribution in [0.4, 0.5) is 11.8 Å². The molecule has 2 saturated heterocycles. The molecule has 8 heteroatoms. The normalized spacial score (nSPS) is 23.6. The fourth-order valence-corrected chi connectivity index (χ4v) is 3.92. The average Bonchev–Trinajstić information content (AvgIpc) is 2.84. The summed E-state index contributed by atoms with van der Waals surface area (Å²) in [7, 11) is 0. The Labute approximate surface area is 160 Å². The number of hydrogen-bond donors (Lipinski definition) is 2. The van der Waals surface area contributed by atoms with E-state index < -0.39 is 11.9 Å². The van der Waals surface area contributed by atoms with Crippen molar-refractivity contribution in [2.75, 3.05) is 36.0 Å². The number of rotatable bonds is 4. The zero-order valence-corrected chi connectivity index (χ0v) is 16.1. The summed E-state index contributed by atoms with van der Waals surface area (Å²) in [6.45, 7) is 6.29. The summed E-state index contributed by atoms with van der Waals surface area (Å²) in [6.07, 6.45) is 4.71. The van der Waals surface area contributed by atoms with E-state index in [0.29, 0.717) is 25.9 Å². The van der Waals surface area contributed by atoms with Gasteiger partial charge in [-0.1, -0.05) is 0 Å². The monoisotopic (exact) mass is 375 g/mol. The lowest BCUT2D eigenvalue weighted by Crippen LogP contribution is -2.43. The number of aryl methyl sites for hydroxylation is 1. The van der Waals surface area contributed by atoms with Gasteiger partial charge in [-0.25, -0.2) is 4.98 Å². The number of aromatic nitrogens is 2. The zero-order chi connectivity index (χ0) is 19.4. The Hall–Kier alpha value is -2.38. The molecule has 0 aromatic carbocycles. The summed E-state index contributed by atoms with van der Waals surface area (Å²) in [4.78, 5) is 36.7. The number of amides is 1. The second-order valence-corrected chi connectivity index (χ2v) is 7.63. The molecule has 0 radical (unpaired) electrons. The van der Waals surface area contributed by atoms with Gasteiger partial charge in [0.25, 0.3) is 0 Å². The van der Waals surface area contributed by atoms with E-state index in [0.717, 1.165) is 43.4 Å². The maximum atomic E-state index is 11.6. The second kappa shape index (κ2) is 8.54. The molecule has 3 rings (SSSR count). The molecule has 0 saturated carbocycles. The Kier molecular flexibility index (Phi) is 6.13. The number of carboxylic acid groups (broad SMARTS) is 1. The smallest absolute Gasteiger partial charge is 0.308 e. The molecule has 2 N–H and O–H groups in total. The Morgan fingerprint density at radius 3 is 2.52 bits per heavy atom. The van der Waals surface area contributed by atoms with Gasteiger partial charge in [-0.2, -0.15) is 4.98 Å². The highest BCUT2D eigenvalue weighted by Gasteiger charge is 2.30. The summed E-state index contributed by atoms with van der Waals surface area (Å²) in [5.41, 5.74) is 0.868. The Morgan fingerprint density at radius 2 is 1.85 bits per heavy atom. The molecule has 1 aromatic heterocycles. The van der Waals surface area contributed by atoms with Gasteiger partial charge in [0.05, 0.1) is 5.92 Å². The van der Waals surface area contributed by atoms with Crippen LogP contribution in [-0.2, 0) is 9.59 Å². The number of carboxylic acids is 1. The first-order chi connectivity index (χ1) is 12.9. The standard InChI is InChI=1S/C19H29N5O3/c1-13-10-17(22-19(20-13)23-8-4-3-5-9-23)24-11-15(18(26)27)6-7-16(12-24)21-14(2)25/h10,15-16H,3-9,11-12H2,1-2H3,(H,21,25)(H,26,27)/t15-,16+/m0/s1. The van der Waals surface area contributed by atoms with E-state index in [-0.39, 0.29) is 11.9 Å². The van der Waals surface area contributed by atoms with Crippen LogP contribution < -0.4 is 15.1 Å². The van der Waals surface area contributed by atoms with Gasteiger partial charge in [0.2, 0.25) is 11.9 Å². The fourth-order valence-electron chi connectivity index (χ4n) is 3.92. The van der Waals surface area contributed by atoms with E-state index in [1.54, 1.807) is 0 Å². The molecule has 27 heavy (non-hydrogen) atoms. The number of carbonyl (C=O) groups is 2. The lowest BCUT2D eigenvalue weighted by molar-refractivity contribution is -0.141. The third kappa shape index (κ3) is 5.08. The summed E-state index contributed by atoms with van der Waals surface area (Å²) >= 11 is 0. The number of hydrogen-bond acceptors (Lipinski definition) is 6. The van der Waals surface area contributed by atoms with Gasteiger partial charge in [-0.15, -0.1) is 0 Å². The molecule has 1 aromatic rings. The van der Waals surface area contributed by atoms with Gasteiger partial charge in [-0.3, -0.25) is 9.59 Å². The van der Waals surface area contributed by atoms with Gasteiger partial charge in [0, 0.05) is 50.9 Å². The van der Waals surface area contributed by atoms with Crippen molar-refractivity contribution in [1.29, 1.82) is 0 Å². The number of carbonyl (C=O) groups excluding carboxylic acids is 1. The van der Waals surface area contributed by atoms with Gasteiger partial charge in [-0.05, 0) is 39.0 Å². The molecule has 148 valence electrons. The molecule has 0 spiro atoms. The number of piperidine rings is 1. The van der Waals surface area contributed by atoms with Crippen molar-refractivity contribution in [3.8, 4) is 0 Å². The van der Waals surface area contributed by atoms with E-state index in [9.17, 15) is 14.7 Å². The van der Waals surface area contributed by atoms with Crippen molar-refractivity contribution in [3.05, 3.63) is 11.8 Å². The summed E-state index contributed by atoms with van der Waals surface area (Å²) in [5.74, 6) is 0.0908. The van der Waals surface area contributed by atoms with Crippen molar-refractivity contribution < 1.29 is 14.7 Å². The highest BCUT2D eigenvalue weighted by molar-refractivity contribution is 5.73. The first kappa shape index (κ1) is 19.4. The molecular formula is C19H29N5O3. The molecule has 8 nitrogen and oxygen atoms in total. The lowest BCUT2D eigenvalue weighted by atomic mass is 10.0. The second-order valence-electron chi connectivity index (χ2n) is 7.63. The maximum absolute atomic E-state index is 11.6. The third-order valence-electron chi connectivity index (χ3n) is 5.29. The maximum Gasteiger partial charge on any atom is 0.308 e. The van der Waals surface area contributed by atoms with Crippen LogP contribution in [0.5, 0.6) is 0 Å². The van der Waals surface area contributed by atoms with Crippen LogP contribution in [0.2, 0.25) is 0 Å². The summed E-state index contributed by atoms with van der Waals surface area (Å²) < 4.78 is 0. The Morgan fingerprint density at radius 1 is 1.11 bits per heavy atom. The van der Waals surface area contributed by atoms with Crippen LogP contribution >= 0.6 is 0 Å². The number of anilines is 2. The number of aliphatic carboxylic acids is 1. The van der Waals surface area contributed by atoms with Crippen molar-refractivity contribution in [2.45, 2.75) is 52.0 Å². The summed E-state index contributed by atoms with van der Waals surface area (Å²) in [6, 6.07) is 1.82. The van der Waals surface area contributed by atoms with Gasteiger partial charge >= 0.3 is 5.97 Å². The number of nitrogens with zero attached hydrogens (tertiary/aromatic N) is 4. The third-order valence-corrected chi connectivity index (χ3v) is 5.29. The van der Waals surface area contributed by atoms with Crippen molar-refractivity contribution in [1.82, 2.24) is 15.3 Å². The molecule has 0 bridgehead atoms. The molecule has 1 amide bonds.